The second-order valence-electron chi connectivity index (χ2n) is 7.93. The van der Waals surface area contributed by atoms with Gasteiger partial charge in [0.2, 0.25) is 0 Å². The number of fused-ring (bicyclic) bond motifs is 1. The van der Waals surface area contributed by atoms with E-state index >= 15 is 0 Å². The maximum absolute atomic E-state index is 13.4. The molecule has 158 valence electrons. The topological polar surface area (TPSA) is 63.4 Å². The Morgan fingerprint density at radius 1 is 1.23 bits per heavy atom. The lowest BCUT2D eigenvalue weighted by Crippen LogP contribution is -2.42. The molecule has 4 rings (SSSR count). The third-order valence-corrected chi connectivity index (χ3v) is 6.43. The quantitative estimate of drug-likeness (QED) is 0.605. The smallest absolute Gasteiger partial charge is 0.280 e. The Hall–Kier alpha value is -2.61. The predicted octanol–water partition coefficient (Wildman–Crippen LogP) is 4.60. The van der Waals surface area contributed by atoms with Crippen molar-refractivity contribution in [3.63, 3.8) is 0 Å². The summed E-state index contributed by atoms with van der Waals surface area (Å²) >= 11 is 6.24. The van der Waals surface area contributed by atoms with Gasteiger partial charge in [0, 0.05) is 29.6 Å². The second kappa shape index (κ2) is 7.91. The lowest BCUT2D eigenvalue weighted by molar-refractivity contribution is 0.0665. The highest BCUT2D eigenvalue weighted by molar-refractivity contribution is 6.32. The summed E-state index contributed by atoms with van der Waals surface area (Å²) in [6.07, 6.45) is -0.650. The summed E-state index contributed by atoms with van der Waals surface area (Å²) in [7, 11) is 0. The third kappa shape index (κ3) is 3.64. The maximum atomic E-state index is 13.4. The van der Waals surface area contributed by atoms with Crippen molar-refractivity contribution in [2.75, 3.05) is 13.1 Å². The van der Waals surface area contributed by atoms with Crippen LogP contribution in [0.5, 0.6) is 0 Å². The summed E-state index contributed by atoms with van der Waals surface area (Å²) in [6, 6.07) is 4.97. The number of benzene rings is 1. The highest BCUT2D eigenvalue weighted by atomic mass is 35.5. The first-order chi connectivity index (χ1) is 14.3. The monoisotopic (exact) mass is 433 g/mol. The van der Waals surface area contributed by atoms with Gasteiger partial charge in [0.15, 0.2) is 0 Å². The molecule has 0 radical (unpaired) electrons. The van der Waals surface area contributed by atoms with Crippen LogP contribution in [0.25, 0.3) is 5.78 Å². The lowest BCUT2D eigenvalue weighted by atomic mass is 9.84. The molecule has 1 saturated heterocycles. The minimum Gasteiger partial charge on any atom is -0.338 e. The molecule has 2 atom stereocenters. The van der Waals surface area contributed by atoms with E-state index in [4.69, 9.17) is 11.6 Å². The van der Waals surface area contributed by atoms with Gasteiger partial charge in [-0.15, -0.1) is 0 Å². The van der Waals surface area contributed by atoms with Crippen LogP contribution in [0.1, 0.15) is 58.6 Å². The van der Waals surface area contributed by atoms with Crippen molar-refractivity contribution in [3.8, 4) is 0 Å². The molecule has 0 aliphatic carbocycles. The Morgan fingerprint density at radius 2 is 1.93 bits per heavy atom. The zero-order valence-corrected chi connectivity index (χ0v) is 17.7. The fraction of sp³-hybridized carbons (Fsp3) is 0.429. The molecule has 1 aliphatic heterocycles. The van der Waals surface area contributed by atoms with E-state index < -0.39 is 6.43 Å². The van der Waals surface area contributed by atoms with Crippen molar-refractivity contribution in [2.45, 2.75) is 39.5 Å². The molecule has 9 heteroatoms. The van der Waals surface area contributed by atoms with Gasteiger partial charge in [-0.3, -0.25) is 4.79 Å². The van der Waals surface area contributed by atoms with E-state index in [2.05, 4.69) is 22.0 Å². The van der Waals surface area contributed by atoms with Crippen LogP contribution >= 0.6 is 11.6 Å². The largest absolute Gasteiger partial charge is 0.338 e. The fourth-order valence-electron chi connectivity index (χ4n) is 4.12. The summed E-state index contributed by atoms with van der Waals surface area (Å²) < 4.78 is 28.3. The minimum atomic E-state index is -2.71. The number of aromatic nitrogens is 4. The van der Waals surface area contributed by atoms with Crippen LogP contribution in [0.3, 0.4) is 0 Å². The van der Waals surface area contributed by atoms with Gasteiger partial charge in [-0.05, 0) is 55.5 Å². The molecule has 2 aromatic heterocycles. The molecule has 1 aliphatic rings. The fourth-order valence-corrected chi connectivity index (χ4v) is 4.23. The molecule has 6 nitrogen and oxygen atoms in total. The third-order valence-electron chi connectivity index (χ3n) is 5.83. The molecule has 1 fully saturated rings. The minimum absolute atomic E-state index is 0.0901. The van der Waals surface area contributed by atoms with Gasteiger partial charge in [0.25, 0.3) is 18.1 Å². The van der Waals surface area contributed by atoms with E-state index in [9.17, 15) is 13.6 Å². The first-order valence-corrected chi connectivity index (χ1v) is 10.2. The average molecular weight is 434 g/mol. The summed E-state index contributed by atoms with van der Waals surface area (Å²) in [6.45, 7) is 6.82. The van der Waals surface area contributed by atoms with Crippen molar-refractivity contribution in [3.05, 3.63) is 57.6 Å². The standard InChI is InChI=1S/C21H22ClF2N5O/c1-11-4-5-28(20(30)14-6-12(2)18(22)13(3)7-14)9-15(11)17-8-16(19(23)24)27-21-25-10-26-29(17)21/h6-8,10-11,15,19H,4-5,9H2,1-3H3/t11-,15-/m1/s1. The SMILES string of the molecule is Cc1cc(C(=O)N2CC[C@@H](C)[C@H](c3cc(C(F)F)nc4ncnn34)C2)cc(C)c1Cl. The van der Waals surface area contributed by atoms with Crippen LogP contribution < -0.4 is 0 Å². The van der Waals surface area contributed by atoms with Gasteiger partial charge in [-0.25, -0.2) is 18.3 Å². The van der Waals surface area contributed by atoms with E-state index in [0.29, 0.717) is 29.4 Å². The number of likely N-dealkylation sites (tertiary alicyclic amines) is 1. The van der Waals surface area contributed by atoms with Crippen LogP contribution in [0.15, 0.2) is 24.5 Å². The van der Waals surface area contributed by atoms with Gasteiger partial charge in [0.1, 0.15) is 12.0 Å². The number of carbonyl (C=O) groups is 1. The highest BCUT2D eigenvalue weighted by Crippen LogP contribution is 2.34. The lowest BCUT2D eigenvalue weighted by Gasteiger charge is -2.37. The molecule has 0 N–H and O–H groups in total. The molecule has 30 heavy (non-hydrogen) atoms. The van der Waals surface area contributed by atoms with Crippen LogP contribution in [0.4, 0.5) is 8.78 Å². The molecule has 1 aromatic carbocycles. The highest BCUT2D eigenvalue weighted by Gasteiger charge is 2.33. The Kier molecular flexibility index (Phi) is 5.44. The van der Waals surface area contributed by atoms with Crippen molar-refractivity contribution in [2.24, 2.45) is 5.92 Å². The zero-order valence-electron chi connectivity index (χ0n) is 16.9. The molecule has 0 saturated carbocycles. The number of hydrogen-bond donors (Lipinski definition) is 0. The van der Waals surface area contributed by atoms with Crippen LogP contribution in [-0.4, -0.2) is 43.5 Å². The number of nitrogens with zero attached hydrogens (tertiary/aromatic N) is 5. The number of hydrogen-bond acceptors (Lipinski definition) is 4. The van der Waals surface area contributed by atoms with Gasteiger partial charge in [-0.1, -0.05) is 18.5 Å². The summed E-state index contributed by atoms with van der Waals surface area (Å²) in [5.74, 6) is 0.0695. The molecule has 1 amide bonds. The van der Waals surface area contributed by atoms with Gasteiger partial charge >= 0.3 is 0 Å². The zero-order chi connectivity index (χ0) is 21.6. The van der Waals surface area contributed by atoms with Crippen LogP contribution in [-0.2, 0) is 0 Å². The molecule has 0 spiro atoms. The van der Waals surface area contributed by atoms with Crippen molar-refractivity contribution >= 4 is 23.3 Å². The van der Waals surface area contributed by atoms with Gasteiger partial charge in [-0.2, -0.15) is 10.1 Å². The molecular weight excluding hydrogens is 412 g/mol. The van der Waals surface area contributed by atoms with Crippen LogP contribution in [0.2, 0.25) is 5.02 Å². The van der Waals surface area contributed by atoms with Crippen molar-refractivity contribution in [1.29, 1.82) is 0 Å². The summed E-state index contributed by atoms with van der Waals surface area (Å²) in [5, 5.41) is 4.82. The summed E-state index contributed by atoms with van der Waals surface area (Å²) in [5.41, 5.74) is 2.55. The Balaban J connectivity index is 1.69. The number of alkyl halides is 2. The predicted molar refractivity (Wildman–Crippen MR) is 109 cm³/mol. The van der Waals surface area contributed by atoms with Crippen molar-refractivity contribution < 1.29 is 13.6 Å². The first kappa shape index (κ1) is 20.7. The molecule has 0 unspecified atom stereocenters. The average Bonchev–Trinajstić information content (AvgIpc) is 3.19. The van der Waals surface area contributed by atoms with E-state index in [1.165, 1.54) is 16.9 Å². The Labute approximate surface area is 177 Å². The van der Waals surface area contributed by atoms with E-state index in [1.807, 2.05) is 13.8 Å². The normalized spacial score (nSPS) is 19.6. The van der Waals surface area contributed by atoms with E-state index in [0.717, 1.165) is 17.5 Å². The number of carbonyl (C=O) groups excluding carboxylic acids is 1. The number of halogens is 3. The molecule has 0 bridgehead atoms. The number of aryl methyl sites for hydroxylation is 2. The first-order valence-electron chi connectivity index (χ1n) is 9.81. The number of rotatable bonds is 3. The molecular formula is C21H22ClF2N5O. The Bertz CT molecular complexity index is 1090. The Morgan fingerprint density at radius 3 is 2.60 bits per heavy atom. The number of piperidine rings is 1. The summed E-state index contributed by atoms with van der Waals surface area (Å²) in [4.78, 5) is 22.9. The van der Waals surface area contributed by atoms with E-state index in [-0.39, 0.29) is 29.2 Å². The molecule has 3 heterocycles. The number of amides is 1. The van der Waals surface area contributed by atoms with Crippen molar-refractivity contribution in [1.82, 2.24) is 24.5 Å². The van der Waals surface area contributed by atoms with Gasteiger partial charge in [0.05, 0.1) is 5.69 Å². The molecule has 3 aromatic rings. The van der Waals surface area contributed by atoms with E-state index in [1.54, 1.807) is 17.0 Å². The second-order valence-corrected chi connectivity index (χ2v) is 8.30. The van der Waals surface area contributed by atoms with Gasteiger partial charge < -0.3 is 4.90 Å². The van der Waals surface area contributed by atoms with Crippen LogP contribution in [0, 0.1) is 19.8 Å². The maximum Gasteiger partial charge on any atom is 0.280 e.